The van der Waals surface area contributed by atoms with Crippen molar-refractivity contribution < 1.29 is 13.9 Å². The number of hydrogen-bond donors (Lipinski definition) is 0. The highest BCUT2D eigenvalue weighted by molar-refractivity contribution is 5.92. The number of rotatable bonds is 3. The number of hydrogen-bond acceptors (Lipinski definition) is 6. The van der Waals surface area contributed by atoms with Crippen LogP contribution in [0.4, 0.5) is 0 Å². The van der Waals surface area contributed by atoms with Gasteiger partial charge in [0.25, 0.3) is 0 Å². The Bertz CT molecular complexity index is 564. The summed E-state index contributed by atoms with van der Waals surface area (Å²) in [4.78, 5) is 16.1. The maximum Gasteiger partial charge on any atom is 0.339 e. The van der Waals surface area contributed by atoms with Gasteiger partial charge in [-0.2, -0.15) is 0 Å². The van der Waals surface area contributed by atoms with Crippen LogP contribution < -0.4 is 0 Å². The quantitative estimate of drug-likeness (QED) is 0.771. The Hall–Kier alpha value is -2.24. The molecule has 2 aromatic heterocycles. The number of aromatic nitrogens is 3. The van der Waals surface area contributed by atoms with Crippen molar-refractivity contribution in [1.82, 2.24) is 15.2 Å². The molecule has 0 radical (unpaired) electrons. The van der Waals surface area contributed by atoms with Gasteiger partial charge in [-0.3, -0.25) is 4.98 Å². The summed E-state index contributed by atoms with van der Waals surface area (Å²) in [7, 11) is 0. The molecule has 0 saturated heterocycles. The molecule has 0 aliphatic heterocycles. The highest BCUT2D eigenvalue weighted by atomic mass is 16.5. The Morgan fingerprint density at radius 3 is 2.78 bits per heavy atom. The number of aryl methyl sites for hydroxylation is 2. The van der Waals surface area contributed by atoms with E-state index in [4.69, 9.17) is 9.15 Å². The summed E-state index contributed by atoms with van der Waals surface area (Å²) in [5, 5.41) is 7.43. The maximum atomic E-state index is 11.8. The largest absolute Gasteiger partial charge is 0.462 e. The van der Waals surface area contributed by atoms with Crippen molar-refractivity contribution in [3.63, 3.8) is 0 Å². The minimum absolute atomic E-state index is 0.321. The van der Waals surface area contributed by atoms with Crippen LogP contribution in [0.5, 0.6) is 0 Å². The number of carbonyl (C=O) groups excluding carboxylic acids is 1. The van der Waals surface area contributed by atoms with E-state index < -0.39 is 5.97 Å². The molecule has 6 nitrogen and oxygen atoms in total. The van der Waals surface area contributed by atoms with E-state index in [2.05, 4.69) is 15.2 Å². The SMILES string of the molecule is CCOC(=O)c1cc(-c2nnco2)c(C)nc1C. The normalized spacial score (nSPS) is 10.4. The van der Waals surface area contributed by atoms with Crippen LogP contribution in [0.25, 0.3) is 11.5 Å². The van der Waals surface area contributed by atoms with E-state index in [1.807, 2.05) is 6.92 Å². The minimum atomic E-state index is -0.400. The third-order valence-electron chi connectivity index (χ3n) is 2.49. The Balaban J connectivity index is 2.49. The zero-order chi connectivity index (χ0) is 13.1. The second-order valence-corrected chi connectivity index (χ2v) is 3.72. The van der Waals surface area contributed by atoms with Gasteiger partial charge in [-0.05, 0) is 26.8 Å². The van der Waals surface area contributed by atoms with Crippen LogP contribution in [0.2, 0.25) is 0 Å². The molecular weight excluding hydrogens is 234 g/mol. The van der Waals surface area contributed by atoms with E-state index in [0.29, 0.717) is 29.3 Å². The van der Waals surface area contributed by atoms with Crippen LogP contribution in [-0.2, 0) is 4.74 Å². The van der Waals surface area contributed by atoms with Gasteiger partial charge < -0.3 is 9.15 Å². The van der Waals surface area contributed by atoms with E-state index >= 15 is 0 Å². The number of ether oxygens (including phenoxy) is 1. The second-order valence-electron chi connectivity index (χ2n) is 3.72. The van der Waals surface area contributed by atoms with Crippen molar-refractivity contribution in [3.05, 3.63) is 29.4 Å². The summed E-state index contributed by atoms with van der Waals surface area (Å²) in [5.74, 6) is -0.0613. The lowest BCUT2D eigenvalue weighted by molar-refractivity contribution is 0.0525. The monoisotopic (exact) mass is 247 g/mol. The van der Waals surface area contributed by atoms with Crippen LogP contribution in [0.1, 0.15) is 28.7 Å². The van der Waals surface area contributed by atoms with Gasteiger partial charge >= 0.3 is 5.97 Å². The predicted molar refractivity (Wildman–Crippen MR) is 63.0 cm³/mol. The minimum Gasteiger partial charge on any atom is -0.462 e. The van der Waals surface area contributed by atoms with Gasteiger partial charge in [0, 0.05) is 0 Å². The molecule has 0 fully saturated rings. The van der Waals surface area contributed by atoms with Crippen molar-refractivity contribution in [1.29, 1.82) is 0 Å². The van der Waals surface area contributed by atoms with E-state index in [1.165, 1.54) is 6.39 Å². The summed E-state index contributed by atoms with van der Waals surface area (Å²) in [5.41, 5.74) is 2.40. The Morgan fingerprint density at radius 1 is 1.39 bits per heavy atom. The van der Waals surface area contributed by atoms with Crippen LogP contribution in [-0.4, -0.2) is 27.8 Å². The molecule has 0 aliphatic rings. The molecule has 0 unspecified atom stereocenters. The van der Waals surface area contributed by atoms with Crippen LogP contribution in [0.15, 0.2) is 16.9 Å². The molecule has 18 heavy (non-hydrogen) atoms. The molecule has 2 aromatic rings. The first-order chi connectivity index (χ1) is 8.63. The number of esters is 1. The van der Waals surface area contributed by atoms with Gasteiger partial charge in [-0.15, -0.1) is 10.2 Å². The highest BCUT2D eigenvalue weighted by Crippen LogP contribution is 2.23. The van der Waals surface area contributed by atoms with E-state index in [1.54, 1.807) is 19.9 Å². The molecule has 0 N–H and O–H groups in total. The molecule has 0 bridgehead atoms. The Kier molecular flexibility index (Phi) is 3.36. The Morgan fingerprint density at radius 2 is 2.17 bits per heavy atom. The van der Waals surface area contributed by atoms with Crippen molar-refractivity contribution in [2.75, 3.05) is 6.61 Å². The van der Waals surface area contributed by atoms with E-state index in [9.17, 15) is 4.79 Å². The smallest absolute Gasteiger partial charge is 0.339 e. The molecule has 0 aromatic carbocycles. The summed E-state index contributed by atoms with van der Waals surface area (Å²) < 4.78 is 10.1. The fraction of sp³-hybridized carbons (Fsp3) is 0.333. The first-order valence-corrected chi connectivity index (χ1v) is 5.55. The molecule has 6 heteroatoms. The van der Waals surface area contributed by atoms with Crippen molar-refractivity contribution in [2.45, 2.75) is 20.8 Å². The van der Waals surface area contributed by atoms with Gasteiger partial charge in [-0.25, -0.2) is 4.79 Å². The topological polar surface area (TPSA) is 78.1 Å². The van der Waals surface area contributed by atoms with Crippen LogP contribution in [0.3, 0.4) is 0 Å². The standard InChI is InChI=1S/C12H13N3O3/c1-4-17-12(16)10-5-9(7(2)14-8(10)3)11-15-13-6-18-11/h5-6H,4H2,1-3H3. The average molecular weight is 247 g/mol. The Labute approximate surface area is 104 Å². The lowest BCUT2D eigenvalue weighted by Gasteiger charge is -2.08. The van der Waals surface area contributed by atoms with Crippen molar-refractivity contribution in [2.24, 2.45) is 0 Å². The van der Waals surface area contributed by atoms with E-state index in [0.717, 1.165) is 5.69 Å². The molecular formula is C12H13N3O3. The van der Waals surface area contributed by atoms with Gasteiger partial charge in [-0.1, -0.05) is 0 Å². The molecule has 0 aliphatic carbocycles. The zero-order valence-corrected chi connectivity index (χ0v) is 10.4. The fourth-order valence-corrected chi connectivity index (χ4v) is 1.65. The van der Waals surface area contributed by atoms with E-state index in [-0.39, 0.29) is 0 Å². The van der Waals surface area contributed by atoms with Gasteiger partial charge in [0.1, 0.15) is 0 Å². The van der Waals surface area contributed by atoms with Gasteiger partial charge in [0.05, 0.1) is 29.1 Å². The molecule has 0 amide bonds. The molecule has 2 heterocycles. The van der Waals surface area contributed by atoms with Gasteiger partial charge in [0.2, 0.25) is 12.3 Å². The highest BCUT2D eigenvalue weighted by Gasteiger charge is 2.17. The van der Waals surface area contributed by atoms with Crippen LogP contribution in [0, 0.1) is 13.8 Å². The van der Waals surface area contributed by atoms with Gasteiger partial charge in [0.15, 0.2) is 0 Å². The lowest BCUT2D eigenvalue weighted by atomic mass is 10.1. The first-order valence-electron chi connectivity index (χ1n) is 5.55. The molecule has 0 atom stereocenters. The number of carbonyl (C=O) groups is 1. The molecule has 0 spiro atoms. The zero-order valence-electron chi connectivity index (χ0n) is 10.4. The summed E-state index contributed by atoms with van der Waals surface area (Å²) in [6.45, 7) is 5.66. The third-order valence-corrected chi connectivity index (χ3v) is 2.49. The summed E-state index contributed by atoms with van der Waals surface area (Å²) >= 11 is 0. The molecule has 2 rings (SSSR count). The summed E-state index contributed by atoms with van der Waals surface area (Å²) in [6.07, 6.45) is 1.23. The molecule has 0 saturated carbocycles. The lowest BCUT2D eigenvalue weighted by Crippen LogP contribution is -2.09. The van der Waals surface area contributed by atoms with Crippen LogP contribution >= 0.6 is 0 Å². The second kappa shape index (κ2) is 4.95. The molecule has 94 valence electrons. The van der Waals surface area contributed by atoms with Crippen molar-refractivity contribution >= 4 is 5.97 Å². The maximum absolute atomic E-state index is 11.8. The van der Waals surface area contributed by atoms with Crippen molar-refractivity contribution in [3.8, 4) is 11.5 Å². The number of pyridine rings is 1. The predicted octanol–water partition coefficient (Wildman–Crippen LogP) is 1.93. The first kappa shape index (κ1) is 12.2. The third kappa shape index (κ3) is 2.22. The average Bonchev–Trinajstić information content (AvgIpc) is 2.82. The summed E-state index contributed by atoms with van der Waals surface area (Å²) in [6, 6.07) is 1.67. The number of nitrogens with zero attached hydrogens (tertiary/aromatic N) is 3. The fourth-order valence-electron chi connectivity index (χ4n) is 1.65.